The Kier molecular flexibility index (Phi) is 6.18. The number of carbonyl (C=O) groups is 1. The molecule has 0 aliphatic carbocycles. The number of nitrogens with one attached hydrogen (secondary N) is 1. The first-order chi connectivity index (χ1) is 8.43. The number of aliphatic hydroxyl groups is 1. The number of amides is 1. The number of likely N-dealkylation sites (N-methyl/N-ethyl adjacent to an activating group) is 1. The topological polar surface area (TPSA) is 52.6 Å². The van der Waals surface area contributed by atoms with Crippen LogP contribution in [0.15, 0.2) is 12.1 Å². The molecule has 18 heavy (non-hydrogen) atoms. The van der Waals surface area contributed by atoms with Crippen LogP contribution >= 0.6 is 34.8 Å². The zero-order valence-electron chi connectivity index (χ0n) is 9.71. The summed E-state index contributed by atoms with van der Waals surface area (Å²) in [6.07, 6.45) is 0. The number of hydrogen-bond donors (Lipinski definition) is 2. The number of halogens is 3. The van der Waals surface area contributed by atoms with Gasteiger partial charge in [-0.2, -0.15) is 0 Å². The third-order valence-corrected chi connectivity index (χ3v) is 3.21. The van der Waals surface area contributed by atoms with Crippen molar-refractivity contribution in [2.45, 2.75) is 0 Å². The molecule has 0 aliphatic heterocycles. The number of hydrogen-bond acceptors (Lipinski definition) is 3. The van der Waals surface area contributed by atoms with Gasteiger partial charge in [0.1, 0.15) is 0 Å². The molecular weight excluding hydrogens is 298 g/mol. The van der Waals surface area contributed by atoms with Crippen molar-refractivity contribution in [3.63, 3.8) is 0 Å². The molecule has 0 spiro atoms. The van der Waals surface area contributed by atoms with Crippen LogP contribution in [0.3, 0.4) is 0 Å². The van der Waals surface area contributed by atoms with Crippen LogP contribution in [0.2, 0.25) is 15.1 Å². The van der Waals surface area contributed by atoms with Crippen LogP contribution in [0, 0.1) is 0 Å². The highest BCUT2D eigenvalue weighted by atomic mass is 35.5. The fraction of sp³-hybridized carbons (Fsp3) is 0.364. The molecule has 1 amide bonds. The zero-order valence-corrected chi connectivity index (χ0v) is 12.0. The van der Waals surface area contributed by atoms with E-state index in [1.807, 2.05) is 0 Å². The van der Waals surface area contributed by atoms with Gasteiger partial charge in [0.25, 0.3) is 0 Å². The lowest BCUT2D eigenvalue weighted by atomic mass is 10.3. The molecule has 0 saturated heterocycles. The van der Waals surface area contributed by atoms with E-state index in [0.717, 1.165) is 0 Å². The Balaban J connectivity index is 2.67. The minimum atomic E-state index is -0.244. The van der Waals surface area contributed by atoms with Crippen molar-refractivity contribution in [2.75, 3.05) is 32.1 Å². The van der Waals surface area contributed by atoms with Gasteiger partial charge in [0.05, 0.1) is 33.9 Å². The summed E-state index contributed by atoms with van der Waals surface area (Å²) < 4.78 is 0. The molecule has 0 unspecified atom stereocenters. The second-order valence-electron chi connectivity index (χ2n) is 3.76. The van der Waals surface area contributed by atoms with Gasteiger partial charge in [0.15, 0.2) is 0 Å². The van der Waals surface area contributed by atoms with Gasteiger partial charge in [-0.25, -0.2) is 0 Å². The lowest BCUT2D eigenvalue weighted by Gasteiger charge is -2.15. The molecule has 0 atom stereocenters. The van der Waals surface area contributed by atoms with E-state index in [-0.39, 0.29) is 19.1 Å². The van der Waals surface area contributed by atoms with Crippen LogP contribution in [0.5, 0.6) is 0 Å². The second-order valence-corrected chi connectivity index (χ2v) is 4.98. The fourth-order valence-electron chi connectivity index (χ4n) is 1.30. The molecule has 0 heterocycles. The second kappa shape index (κ2) is 7.16. The summed E-state index contributed by atoms with van der Waals surface area (Å²) in [6.45, 7) is 0.566. The van der Waals surface area contributed by atoms with E-state index in [0.29, 0.717) is 27.3 Å². The average molecular weight is 312 g/mol. The molecule has 0 radical (unpaired) electrons. The molecule has 1 aromatic rings. The van der Waals surface area contributed by atoms with Crippen molar-refractivity contribution < 1.29 is 9.90 Å². The summed E-state index contributed by atoms with van der Waals surface area (Å²) in [6, 6.07) is 2.97. The molecule has 100 valence electrons. The van der Waals surface area contributed by atoms with Crippen LogP contribution in [-0.2, 0) is 4.79 Å². The number of aliphatic hydroxyl groups excluding tert-OH is 1. The van der Waals surface area contributed by atoms with Crippen molar-refractivity contribution in [1.29, 1.82) is 0 Å². The average Bonchev–Trinajstić information content (AvgIpc) is 2.26. The summed E-state index contributed by atoms with van der Waals surface area (Å²) in [5, 5.41) is 12.3. The van der Waals surface area contributed by atoms with Crippen LogP contribution < -0.4 is 5.32 Å². The Morgan fingerprint density at radius 2 is 1.89 bits per heavy atom. The van der Waals surface area contributed by atoms with E-state index in [1.165, 1.54) is 12.1 Å². The maximum absolute atomic E-state index is 11.7. The first-order valence-electron chi connectivity index (χ1n) is 5.18. The summed E-state index contributed by atoms with van der Waals surface area (Å²) in [5.74, 6) is -0.244. The zero-order chi connectivity index (χ0) is 13.7. The Morgan fingerprint density at radius 1 is 1.28 bits per heavy atom. The quantitative estimate of drug-likeness (QED) is 0.822. The van der Waals surface area contributed by atoms with E-state index >= 15 is 0 Å². The molecule has 7 heteroatoms. The van der Waals surface area contributed by atoms with Gasteiger partial charge in [-0.3, -0.25) is 9.69 Å². The summed E-state index contributed by atoms with van der Waals surface area (Å²) in [4.78, 5) is 13.4. The summed E-state index contributed by atoms with van der Waals surface area (Å²) in [7, 11) is 1.73. The Labute approximate surface area is 120 Å². The standard InChI is InChI=1S/C11H13Cl3N2O2/c1-16(2-3-17)6-11(18)15-10-5-8(13)7(12)4-9(10)14/h4-5,17H,2-3,6H2,1H3,(H,15,18). The number of carbonyl (C=O) groups excluding carboxylic acids is 1. The molecule has 0 saturated carbocycles. The van der Waals surface area contributed by atoms with Gasteiger partial charge in [-0.15, -0.1) is 0 Å². The first kappa shape index (κ1) is 15.5. The predicted octanol–water partition coefficient (Wildman–Crippen LogP) is 2.51. The molecule has 0 aromatic heterocycles. The van der Waals surface area contributed by atoms with E-state index in [9.17, 15) is 4.79 Å². The van der Waals surface area contributed by atoms with E-state index in [1.54, 1.807) is 11.9 Å². The molecule has 0 fully saturated rings. The van der Waals surface area contributed by atoms with Crippen molar-refractivity contribution in [1.82, 2.24) is 4.90 Å². The van der Waals surface area contributed by atoms with Crippen molar-refractivity contribution >= 4 is 46.4 Å². The highest BCUT2D eigenvalue weighted by Crippen LogP contribution is 2.32. The molecule has 2 N–H and O–H groups in total. The number of nitrogens with zero attached hydrogens (tertiary/aromatic N) is 1. The molecule has 0 bridgehead atoms. The minimum absolute atomic E-state index is 0.00267. The van der Waals surface area contributed by atoms with Crippen molar-refractivity contribution in [3.8, 4) is 0 Å². The van der Waals surface area contributed by atoms with Gasteiger partial charge in [-0.1, -0.05) is 34.8 Å². The van der Waals surface area contributed by atoms with Gasteiger partial charge in [-0.05, 0) is 19.2 Å². The third kappa shape index (κ3) is 4.63. The molecule has 1 rings (SSSR count). The summed E-state index contributed by atoms with van der Waals surface area (Å²) >= 11 is 17.6. The lowest BCUT2D eigenvalue weighted by Crippen LogP contribution is -2.32. The van der Waals surface area contributed by atoms with Gasteiger partial charge >= 0.3 is 0 Å². The smallest absolute Gasteiger partial charge is 0.238 e. The van der Waals surface area contributed by atoms with Crippen LogP contribution in [-0.4, -0.2) is 42.7 Å². The largest absolute Gasteiger partial charge is 0.395 e. The Hall–Kier alpha value is -0.520. The Bertz CT molecular complexity index is 441. The minimum Gasteiger partial charge on any atom is -0.395 e. The first-order valence-corrected chi connectivity index (χ1v) is 6.31. The normalized spacial score (nSPS) is 10.8. The van der Waals surface area contributed by atoms with Gasteiger partial charge in [0.2, 0.25) is 5.91 Å². The van der Waals surface area contributed by atoms with E-state index in [2.05, 4.69) is 5.32 Å². The maximum Gasteiger partial charge on any atom is 0.238 e. The van der Waals surface area contributed by atoms with Crippen LogP contribution in [0.4, 0.5) is 5.69 Å². The molecule has 0 aliphatic rings. The number of anilines is 1. The van der Waals surface area contributed by atoms with Crippen molar-refractivity contribution in [3.05, 3.63) is 27.2 Å². The fourth-order valence-corrected chi connectivity index (χ4v) is 1.90. The Morgan fingerprint density at radius 3 is 2.50 bits per heavy atom. The molecule has 4 nitrogen and oxygen atoms in total. The third-order valence-electron chi connectivity index (χ3n) is 2.18. The van der Waals surface area contributed by atoms with Crippen LogP contribution in [0.1, 0.15) is 0 Å². The van der Waals surface area contributed by atoms with Gasteiger partial charge in [0, 0.05) is 6.54 Å². The predicted molar refractivity (Wildman–Crippen MR) is 74.7 cm³/mol. The monoisotopic (exact) mass is 310 g/mol. The van der Waals surface area contributed by atoms with E-state index in [4.69, 9.17) is 39.9 Å². The number of rotatable bonds is 5. The lowest BCUT2D eigenvalue weighted by molar-refractivity contribution is -0.117. The SMILES string of the molecule is CN(CCO)CC(=O)Nc1cc(Cl)c(Cl)cc1Cl. The number of benzene rings is 1. The molecule has 1 aromatic carbocycles. The molecular formula is C11H13Cl3N2O2. The van der Waals surface area contributed by atoms with Crippen molar-refractivity contribution in [2.24, 2.45) is 0 Å². The maximum atomic E-state index is 11.7. The van der Waals surface area contributed by atoms with E-state index < -0.39 is 0 Å². The summed E-state index contributed by atoms with van der Waals surface area (Å²) in [5.41, 5.74) is 0.411. The van der Waals surface area contributed by atoms with Crippen LogP contribution in [0.25, 0.3) is 0 Å². The highest BCUT2D eigenvalue weighted by Gasteiger charge is 2.10. The van der Waals surface area contributed by atoms with Gasteiger partial charge < -0.3 is 10.4 Å². The highest BCUT2D eigenvalue weighted by molar-refractivity contribution is 6.44.